The number of hydrogen-bond donors (Lipinski definition) is 0. The fourth-order valence-electron chi connectivity index (χ4n) is 0.629. The molecule has 0 aliphatic rings. The largest absolute Gasteiger partial charge is 0.465 e. The van der Waals surface area contributed by atoms with E-state index in [-0.39, 0.29) is 5.97 Å². The van der Waals surface area contributed by atoms with E-state index in [1.54, 1.807) is 6.08 Å². The van der Waals surface area contributed by atoms with Crippen LogP contribution in [0.15, 0.2) is 24.3 Å². The molecular weight excluding hydrogens is 152 g/mol. The van der Waals surface area contributed by atoms with Gasteiger partial charge in [0, 0.05) is 0 Å². The molecule has 0 aliphatic heterocycles. The first kappa shape index (κ1) is 11.0. The third-order valence-electron chi connectivity index (χ3n) is 1.19. The van der Waals surface area contributed by atoms with Crippen LogP contribution in [-0.2, 0) is 9.53 Å². The average Bonchev–Trinajstić information content (AvgIpc) is 2.09. The highest BCUT2D eigenvalue weighted by atomic mass is 16.5. The molecule has 0 spiro atoms. The zero-order chi connectivity index (χ0) is 9.23. The van der Waals surface area contributed by atoms with Crippen molar-refractivity contribution in [3.63, 3.8) is 0 Å². The summed E-state index contributed by atoms with van der Waals surface area (Å²) in [5.41, 5.74) is 0. The Morgan fingerprint density at radius 3 is 2.75 bits per heavy atom. The molecule has 0 aromatic carbocycles. The van der Waals surface area contributed by atoms with Crippen molar-refractivity contribution in [2.45, 2.75) is 26.7 Å². The van der Waals surface area contributed by atoms with Crippen molar-refractivity contribution in [3.05, 3.63) is 24.3 Å². The molecule has 0 heterocycles. The van der Waals surface area contributed by atoms with Gasteiger partial charge in [0.05, 0.1) is 13.0 Å². The van der Waals surface area contributed by atoms with Gasteiger partial charge in [0.25, 0.3) is 0 Å². The van der Waals surface area contributed by atoms with Crippen molar-refractivity contribution < 1.29 is 9.53 Å². The number of carbonyl (C=O) groups excluding carboxylic acids is 1. The Morgan fingerprint density at radius 1 is 1.42 bits per heavy atom. The lowest BCUT2D eigenvalue weighted by atomic mass is 10.3. The fourth-order valence-corrected chi connectivity index (χ4v) is 0.629. The molecule has 0 aliphatic carbocycles. The Hall–Kier alpha value is -1.05. The van der Waals surface area contributed by atoms with Crippen molar-refractivity contribution in [1.82, 2.24) is 0 Å². The van der Waals surface area contributed by atoms with E-state index >= 15 is 0 Å². The second-order valence-electron chi connectivity index (χ2n) is 2.38. The monoisotopic (exact) mass is 168 g/mol. The Labute approximate surface area is 73.9 Å². The van der Waals surface area contributed by atoms with Crippen LogP contribution in [0.3, 0.4) is 0 Å². The van der Waals surface area contributed by atoms with Gasteiger partial charge in [-0.1, -0.05) is 31.2 Å². The quantitative estimate of drug-likeness (QED) is 0.465. The third-order valence-corrected chi connectivity index (χ3v) is 1.19. The summed E-state index contributed by atoms with van der Waals surface area (Å²) in [4.78, 5) is 10.9. The zero-order valence-corrected chi connectivity index (χ0v) is 7.75. The summed E-state index contributed by atoms with van der Waals surface area (Å²) in [6.07, 6.45) is 8.67. The van der Waals surface area contributed by atoms with Crippen LogP contribution in [0.4, 0.5) is 0 Å². The Bertz CT molecular complexity index is 169. The molecule has 0 amide bonds. The zero-order valence-electron chi connectivity index (χ0n) is 7.75. The van der Waals surface area contributed by atoms with Gasteiger partial charge in [0.15, 0.2) is 0 Å². The number of ether oxygens (including phenoxy) is 1. The molecule has 0 radical (unpaired) electrons. The molecule has 0 bridgehead atoms. The van der Waals surface area contributed by atoms with E-state index in [1.165, 1.54) is 0 Å². The fraction of sp³-hybridized carbons (Fsp3) is 0.500. The smallest absolute Gasteiger partial charge is 0.309 e. The lowest BCUT2D eigenvalue weighted by Gasteiger charge is -1.98. The predicted octanol–water partition coefficient (Wildman–Crippen LogP) is 2.46. The minimum absolute atomic E-state index is 0.155. The lowest BCUT2D eigenvalue weighted by Crippen LogP contribution is -2.02. The van der Waals surface area contributed by atoms with E-state index in [1.807, 2.05) is 32.1 Å². The number of esters is 1. The second kappa shape index (κ2) is 8.05. The Kier molecular flexibility index (Phi) is 7.35. The van der Waals surface area contributed by atoms with Gasteiger partial charge in [-0.3, -0.25) is 4.79 Å². The average molecular weight is 168 g/mol. The molecule has 12 heavy (non-hydrogen) atoms. The van der Waals surface area contributed by atoms with Crippen molar-refractivity contribution in [3.8, 4) is 0 Å². The van der Waals surface area contributed by atoms with Crippen LogP contribution < -0.4 is 0 Å². The summed E-state index contributed by atoms with van der Waals surface area (Å²) in [6.45, 7) is 4.43. The lowest BCUT2D eigenvalue weighted by molar-refractivity contribution is -0.142. The predicted molar refractivity (Wildman–Crippen MR) is 49.8 cm³/mol. The minimum Gasteiger partial charge on any atom is -0.465 e. The maximum Gasteiger partial charge on any atom is 0.309 e. The van der Waals surface area contributed by atoms with Crippen LogP contribution in [0, 0.1) is 0 Å². The first-order valence-corrected chi connectivity index (χ1v) is 4.24. The highest BCUT2D eigenvalue weighted by molar-refractivity contribution is 5.71. The molecule has 0 fully saturated rings. The van der Waals surface area contributed by atoms with E-state index in [0.29, 0.717) is 13.0 Å². The summed E-state index contributed by atoms with van der Waals surface area (Å²) in [5, 5.41) is 0. The van der Waals surface area contributed by atoms with E-state index in [9.17, 15) is 4.79 Å². The molecule has 0 aromatic heterocycles. The SMILES string of the molecule is C/C=C/C=C/CC(=O)OCCC. The molecular formula is C10H16O2. The van der Waals surface area contributed by atoms with E-state index < -0.39 is 0 Å². The Morgan fingerprint density at radius 2 is 2.17 bits per heavy atom. The molecule has 68 valence electrons. The third kappa shape index (κ3) is 7.06. The van der Waals surface area contributed by atoms with Crippen molar-refractivity contribution >= 4 is 5.97 Å². The Balaban J connectivity index is 3.43. The van der Waals surface area contributed by atoms with Crippen molar-refractivity contribution in [1.29, 1.82) is 0 Å². The normalized spacial score (nSPS) is 11.2. The van der Waals surface area contributed by atoms with Crippen LogP contribution in [0.5, 0.6) is 0 Å². The minimum atomic E-state index is -0.155. The topological polar surface area (TPSA) is 26.3 Å². The van der Waals surface area contributed by atoms with Gasteiger partial charge >= 0.3 is 5.97 Å². The van der Waals surface area contributed by atoms with E-state index in [4.69, 9.17) is 4.74 Å². The number of allylic oxidation sites excluding steroid dienone is 3. The van der Waals surface area contributed by atoms with Gasteiger partial charge in [-0.2, -0.15) is 0 Å². The summed E-state index contributed by atoms with van der Waals surface area (Å²) in [6, 6.07) is 0. The molecule has 0 aromatic rings. The van der Waals surface area contributed by atoms with Gasteiger partial charge in [-0.15, -0.1) is 0 Å². The molecule has 0 saturated heterocycles. The highest BCUT2D eigenvalue weighted by Gasteiger charge is 1.95. The molecule has 2 heteroatoms. The number of rotatable bonds is 5. The highest BCUT2D eigenvalue weighted by Crippen LogP contribution is 1.90. The molecule has 2 nitrogen and oxygen atoms in total. The summed E-state index contributed by atoms with van der Waals surface area (Å²) in [7, 11) is 0. The maximum atomic E-state index is 10.9. The van der Waals surface area contributed by atoms with Crippen molar-refractivity contribution in [2.24, 2.45) is 0 Å². The van der Waals surface area contributed by atoms with Gasteiger partial charge in [0.1, 0.15) is 0 Å². The van der Waals surface area contributed by atoms with Crippen molar-refractivity contribution in [2.75, 3.05) is 6.61 Å². The van der Waals surface area contributed by atoms with Gasteiger partial charge in [-0.25, -0.2) is 0 Å². The molecule has 0 rings (SSSR count). The van der Waals surface area contributed by atoms with Crippen LogP contribution in [0.2, 0.25) is 0 Å². The second-order valence-corrected chi connectivity index (χ2v) is 2.38. The van der Waals surface area contributed by atoms with Gasteiger partial charge in [0.2, 0.25) is 0 Å². The summed E-state index contributed by atoms with van der Waals surface area (Å²) >= 11 is 0. The van der Waals surface area contributed by atoms with Crippen LogP contribution in [-0.4, -0.2) is 12.6 Å². The van der Waals surface area contributed by atoms with Crippen LogP contribution >= 0.6 is 0 Å². The first-order chi connectivity index (χ1) is 5.81. The van der Waals surface area contributed by atoms with Gasteiger partial charge in [-0.05, 0) is 13.3 Å². The van der Waals surface area contributed by atoms with Crippen LogP contribution in [0.25, 0.3) is 0 Å². The standard InChI is InChI=1S/C10H16O2/c1-3-5-6-7-8-10(11)12-9-4-2/h3,5-7H,4,8-9H2,1-2H3/b5-3+,7-6+. The van der Waals surface area contributed by atoms with Crippen LogP contribution in [0.1, 0.15) is 26.7 Å². The molecule has 0 N–H and O–H groups in total. The number of carbonyl (C=O) groups is 1. The number of hydrogen-bond acceptors (Lipinski definition) is 2. The summed E-state index contributed by atoms with van der Waals surface area (Å²) in [5.74, 6) is -0.155. The molecule has 0 atom stereocenters. The maximum absolute atomic E-state index is 10.9. The molecule has 0 saturated carbocycles. The summed E-state index contributed by atoms with van der Waals surface area (Å²) < 4.78 is 4.86. The van der Waals surface area contributed by atoms with E-state index in [0.717, 1.165) is 6.42 Å². The van der Waals surface area contributed by atoms with Gasteiger partial charge < -0.3 is 4.74 Å². The first-order valence-electron chi connectivity index (χ1n) is 4.24. The van der Waals surface area contributed by atoms with E-state index in [2.05, 4.69) is 0 Å². The molecule has 0 unspecified atom stereocenters.